The van der Waals surface area contributed by atoms with Crippen LogP contribution in [0.2, 0.25) is 0 Å². The molecule has 1 rings (SSSR count). The van der Waals surface area contributed by atoms with Crippen molar-refractivity contribution in [3.05, 3.63) is 34.1 Å². The molecule has 19 heavy (non-hydrogen) atoms. The van der Waals surface area contributed by atoms with E-state index in [-0.39, 0.29) is 12.1 Å². The molecule has 0 unspecified atom stereocenters. The molecule has 1 amide bonds. The van der Waals surface area contributed by atoms with Gasteiger partial charge in [0, 0.05) is 11.0 Å². The maximum atomic E-state index is 13.7. The van der Waals surface area contributed by atoms with E-state index in [4.69, 9.17) is 0 Å². The summed E-state index contributed by atoms with van der Waals surface area (Å²) in [7, 11) is 1.25. The molecular formula is C13H15BrFNO3. The lowest BCUT2D eigenvalue weighted by Crippen LogP contribution is -2.37. The lowest BCUT2D eigenvalue weighted by Gasteiger charge is -2.21. The monoisotopic (exact) mass is 331 g/mol. The van der Waals surface area contributed by atoms with Crippen LogP contribution in [0.1, 0.15) is 23.7 Å². The minimum atomic E-state index is -0.620. The molecule has 6 heteroatoms. The first kappa shape index (κ1) is 15.6. The van der Waals surface area contributed by atoms with E-state index in [0.717, 1.165) is 0 Å². The van der Waals surface area contributed by atoms with Crippen molar-refractivity contribution in [1.82, 2.24) is 4.90 Å². The van der Waals surface area contributed by atoms with Crippen LogP contribution in [0.5, 0.6) is 0 Å². The SMILES string of the molecule is CCCN(CC(=O)OC)C(=O)c1c(F)cccc1Br. The lowest BCUT2D eigenvalue weighted by molar-refractivity contribution is -0.141. The fourth-order valence-electron chi connectivity index (χ4n) is 1.60. The van der Waals surface area contributed by atoms with Crippen molar-refractivity contribution in [2.75, 3.05) is 20.2 Å². The molecule has 4 nitrogen and oxygen atoms in total. The molecule has 0 aliphatic rings. The first-order valence-corrected chi connectivity index (χ1v) is 6.60. The molecule has 1 aromatic carbocycles. The van der Waals surface area contributed by atoms with Gasteiger partial charge in [-0.2, -0.15) is 0 Å². The second kappa shape index (κ2) is 7.23. The summed E-state index contributed by atoms with van der Waals surface area (Å²) in [6.45, 7) is 2.03. The number of nitrogens with zero attached hydrogens (tertiary/aromatic N) is 1. The van der Waals surface area contributed by atoms with Crippen LogP contribution in [0, 0.1) is 5.82 Å². The average molecular weight is 332 g/mol. The Balaban J connectivity index is 3.02. The molecule has 0 N–H and O–H groups in total. The molecular weight excluding hydrogens is 317 g/mol. The Morgan fingerprint density at radius 1 is 1.42 bits per heavy atom. The summed E-state index contributed by atoms with van der Waals surface area (Å²) < 4.78 is 18.6. The van der Waals surface area contributed by atoms with E-state index < -0.39 is 17.7 Å². The van der Waals surface area contributed by atoms with Gasteiger partial charge in [0.15, 0.2) is 0 Å². The number of amides is 1. The number of esters is 1. The maximum absolute atomic E-state index is 13.7. The van der Waals surface area contributed by atoms with Gasteiger partial charge >= 0.3 is 5.97 Å². The van der Waals surface area contributed by atoms with Gasteiger partial charge in [-0.1, -0.05) is 13.0 Å². The molecule has 0 atom stereocenters. The van der Waals surface area contributed by atoms with E-state index in [2.05, 4.69) is 20.7 Å². The zero-order chi connectivity index (χ0) is 14.4. The van der Waals surface area contributed by atoms with Crippen molar-refractivity contribution in [2.24, 2.45) is 0 Å². The number of benzene rings is 1. The fourth-order valence-corrected chi connectivity index (χ4v) is 2.11. The minimum absolute atomic E-state index is 0.0696. The van der Waals surface area contributed by atoms with Crippen molar-refractivity contribution in [3.63, 3.8) is 0 Å². The molecule has 0 radical (unpaired) electrons. The molecule has 0 saturated heterocycles. The van der Waals surface area contributed by atoms with Crippen LogP contribution < -0.4 is 0 Å². The summed E-state index contributed by atoms with van der Waals surface area (Å²) in [5.74, 6) is -1.68. The smallest absolute Gasteiger partial charge is 0.325 e. The van der Waals surface area contributed by atoms with Crippen LogP contribution in [-0.2, 0) is 9.53 Å². The number of carbonyl (C=O) groups excluding carboxylic acids is 2. The van der Waals surface area contributed by atoms with Crippen molar-refractivity contribution < 1.29 is 18.7 Å². The molecule has 0 heterocycles. The predicted molar refractivity (Wildman–Crippen MR) is 72.3 cm³/mol. The highest BCUT2D eigenvalue weighted by Gasteiger charge is 2.23. The van der Waals surface area contributed by atoms with Crippen LogP contribution in [0.25, 0.3) is 0 Å². The third kappa shape index (κ3) is 4.02. The molecule has 0 spiro atoms. The van der Waals surface area contributed by atoms with Gasteiger partial charge in [0.1, 0.15) is 12.4 Å². The molecule has 0 aliphatic heterocycles. The standard InChI is InChI=1S/C13H15BrFNO3/c1-3-7-16(8-11(17)19-2)13(18)12-9(14)5-4-6-10(12)15/h4-6H,3,7-8H2,1-2H3. The Hall–Kier alpha value is -1.43. The summed E-state index contributed by atoms with van der Waals surface area (Å²) in [6.07, 6.45) is 0.662. The first-order valence-electron chi connectivity index (χ1n) is 5.81. The number of halogens is 2. The quantitative estimate of drug-likeness (QED) is 0.779. The Bertz CT molecular complexity index is 459. The zero-order valence-corrected chi connectivity index (χ0v) is 12.4. The highest BCUT2D eigenvalue weighted by atomic mass is 79.9. The Labute approximate surface area is 119 Å². The van der Waals surface area contributed by atoms with E-state index in [1.165, 1.54) is 24.1 Å². The van der Waals surface area contributed by atoms with Gasteiger partial charge in [0.25, 0.3) is 5.91 Å². The normalized spacial score (nSPS) is 10.1. The molecule has 104 valence electrons. The highest BCUT2D eigenvalue weighted by Crippen LogP contribution is 2.21. The van der Waals surface area contributed by atoms with E-state index in [0.29, 0.717) is 17.4 Å². The van der Waals surface area contributed by atoms with Crippen molar-refractivity contribution >= 4 is 27.8 Å². The molecule has 0 bridgehead atoms. The van der Waals surface area contributed by atoms with Crippen LogP contribution in [-0.4, -0.2) is 37.0 Å². The molecule has 0 fully saturated rings. The molecule has 0 saturated carbocycles. The topological polar surface area (TPSA) is 46.6 Å². The van der Waals surface area contributed by atoms with Gasteiger partial charge in [-0.25, -0.2) is 4.39 Å². The van der Waals surface area contributed by atoms with E-state index in [1.54, 1.807) is 6.07 Å². The third-order valence-corrected chi connectivity index (χ3v) is 3.17. The summed E-state index contributed by atoms with van der Waals surface area (Å²) in [4.78, 5) is 24.8. The summed E-state index contributed by atoms with van der Waals surface area (Å²) in [5, 5.41) is 0. The van der Waals surface area contributed by atoms with Crippen LogP contribution in [0.3, 0.4) is 0 Å². The average Bonchev–Trinajstić information content (AvgIpc) is 2.37. The van der Waals surface area contributed by atoms with Crippen LogP contribution in [0.15, 0.2) is 22.7 Å². The van der Waals surface area contributed by atoms with E-state index in [9.17, 15) is 14.0 Å². The summed E-state index contributed by atoms with van der Waals surface area (Å²) >= 11 is 3.15. The summed E-state index contributed by atoms with van der Waals surface area (Å²) in [6, 6.07) is 4.29. The van der Waals surface area contributed by atoms with Gasteiger partial charge in [-0.05, 0) is 34.5 Å². The van der Waals surface area contributed by atoms with Crippen molar-refractivity contribution in [3.8, 4) is 0 Å². The summed E-state index contributed by atoms with van der Waals surface area (Å²) in [5.41, 5.74) is -0.0696. The number of hydrogen-bond acceptors (Lipinski definition) is 3. The number of carbonyl (C=O) groups is 2. The number of hydrogen-bond donors (Lipinski definition) is 0. The second-order valence-corrected chi connectivity index (χ2v) is 4.75. The predicted octanol–water partition coefficient (Wildman–Crippen LogP) is 2.61. The minimum Gasteiger partial charge on any atom is -0.468 e. The van der Waals surface area contributed by atoms with Gasteiger partial charge < -0.3 is 9.64 Å². The van der Waals surface area contributed by atoms with Gasteiger partial charge in [0.05, 0.1) is 12.7 Å². The van der Waals surface area contributed by atoms with Crippen molar-refractivity contribution in [2.45, 2.75) is 13.3 Å². The third-order valence-electron chi connectivity index (χ3n) is 2.50. The Morgan fingerprint density at radius 2 is 2.11 bits per heavy atom. The highest BCUT2D eigenvalue weighted by molar-refractivity contribution is 9.10. The number of ether oxygens (including phenoxy) is 1. The van der Waals surface area contributed by atoms with Gasteiger partial charge in [-0.3, -0.25) is 9.59 Å². The first-order chi connectivity index (χ1) is 9.01. The van der Waals surface area contributed by atoms with Crippen LogP contribution in [0.4, 0.5) is 4.39 Å². The van der Waals surface area contributed by atoms with Crippen LogP contribution >= 0.6 is 15.9 Å². The Morgan fingerprint density at radius 3 is 2.63 bits per heavy atom. The van der Waals surface area contributed by atoms with Crippen molar-refractivity contribution in [1.29, 1.82) is 0 Å². The maximum Gasteiger partial charge on any atom is 0.325 e. The Kier molecular flexibility index (Phi) is 5.95. The number of methoxy groups -OCH3 is 1. The second-order valence-electron chi connectivity index (χ2n) is 3.90. The van der Waals surface area contributed by atoms with Gasteiger partial charge in [-0.15, -0.1) is 0 Å². The van der Waals surface area contributed by atoms with E-state index in [1.807, 2.05) is 6.92 Å². The molecule has 0 aliphatic carbocycles. The largest absolute Gasteiger partial charge is 0.468 e. The zero-order valence-electron chi connectivity index (χ0n) is 10.8. The number of rotatable bonds is 5. The fraction of sp³-hybridized carbons (Fsp3) is 0.385. The van der Waals surface area contributed by atoms with E-state index >= 15 is 0 Å². The lowest BCUT2D eigenvalue weighted by atomic mass is 10.2. The van der Waals surface area contributed by atoms with Gasteiger partial charge in [0.2, 0.25) is 0 Å². The molecule has 0 aromatic heterocycles. The molecule has 1 aromatic rings.